The van der Waals surface area contributed by atoms with Crippen molar-refractivity contribution >= 4 is 12.4 Å². The molecule has 0 bridgehead atoms. The lowest BCUT2D eigenvalue weighted by Crippen LogP contribution is -2.20. The number of alkyl halides is 3. The maximum absolute atomic E-state index is 13.4. The van der Waals surface area contributed by atoms with Crippen molar-refractivity contribution in [1.82, 2.24) is 9.78 Å². The zero-order valence-electron chi connectivity index (χ0n) is 13.6. The Hall–Kier alpha value is -1.73. The van der Waals surface area contributed by atoms with E-state index in [-0.39, 0.29) is 18.2 Å². The first-order valence-electron chi connectivity index (χ1n) is 8.04. The molecular formula is C17H21ClF3N3O. The largest absolute Gasteiger partial charge is 0.493 e. The molecule has 25 heavy (non-hydrogen) atoms. The van der Waals surface area contributed by atoms with E-state index in [2.05, 4.69) is 5.10 Å². The van der Waals surface area contributed by atoms with E-state index in [9.17, 15) is 13.2 Å². The van der Waals surface area contributed by atoms with Crippen LogP contribution in [0.25, 0.3) is 11.1 Å². The normalized spacial score (nSPS) is 14.7. The Bertz CT molecular complexity index is 699. The molecular weight excluding hydrogens is 355 g/mol. The predicted octanol–water partition coefficient (Wildman–Crippen LogP) is 4.13. The van der Waals surface area contributed by atoms with Crippen LogP contribution in [0.1, 0.15) is 24.8 Å². The minimum absolute atomic E-state index is 0. The summed E-state index contributed by atoms with van der Waals surface area (Å²) in [5.41, 5.74) is 5.80. The molecule has 1 heterocycles. The Balaban J connectivity index is 0.00000225. The highest BCUT2D eigenvalue weighted by atomic mass is 35.5. The van der Waals surface area contributed by atoms with Gasteiger partial charge in [0.25, 0.3) is 0 Å². The van der Waals surface area contributed by atoms with Gasteiger partial charge in [-0.25, -0.2) is 0 Å². The van der Waals surface area contributed by atoms with Gasteiger partial charge in [0.05, 0.1) is 24.9 Å². The topological polar surface area (TPSA) is 53.1 Å². The molecule has 1 aliphatic carbocycles. The van der Waals surface area contributed by atoms with Crippen LogP contribution in [-0.4, -0.2) is 22.9 Å². The van der Waals surface area contributed by atoms with E-state index >= 15 is 0 Å². The lowest BCUT2D eigenvalue weighted by atomic mass is 9.86. The molecule has 4 nitrogen and oxygen atoms in total. The van der Waals surface area contributed by atoms with Gasteiger partial charge in [0.15, 0.2) is 0 Å². The van der Waals surface area contributed by atoms with E-state index < -0.39 is 11.7 Å². The molecule has 0 spiro atoms. The first kappa shape index (κ1) is 19.6. The molecule has 138 valence electrons. The lowest BCUT2D eigenvalue weighted by Gasteiger charge is -2.26. The van der Waals surface area contributed by atoms with Crippen LogP contribution in [0.15, 0.2) is 30.6 Å². The molecule has 2 aromatic rings. The van der Waals surface area contributed by atoms with E-state index in [1.165, 1.54) is 6.07 Å². The third-order valence-corrected chi connectivity index (χ3v) is 4.31. The molecule has 1 aromatic carbocycles. The van der Waals surface area contributed by atoms with E-state index in [0.717, 1.165) is 25.3 Å². The number of nitrogens with two attached hydrogens (primary N) is 1. The zero-order valence-corrected chi connectivity index (χ0v) is 14.4. The van der Waals surface area contributed by atoms with Crippen molar-refractivity contribution in [3.05, 3.63) is 36.2 Å². The third kappa shape index (κ3) is 4.67. The second-order valence-electron chi connectivity index (χ2n) is 6.10. The van der Waals surface area contributed by atoms with E-state index in [1.54, 1.807) is 23.1 Å². The van der Waals surface area contributed by atoms with Gasteiger partial charge in [-0.1, -0.05) is 12.5 Å². The number of benzene rings is 1. The molecule has 0 unspecified atom stereocenters. The van der Waals surface area contributed by atoms with Gasteiger partial charge in [0.2, 0.25) is 0 Å². The Morgan fingerprint density at radius 1 is 1.24 bits per heavy atom. The summed E-state index contributed by atoms with van der Waals surface area (Å²) in [7, 11) is 0. The molecule has 8 heteroatoms. The standard InChI is InChI=1S/C17H20F3N3O.ClH/c18-17(19,20)15-8-13(14-9-22-23(10-14)7-6-21)4-5-16(15)24-11-12-2-1-3-12;/h4-5,8-10,12H,1-3,6-7,11,21H2;1H. The van der Waals surface area contributed by atoms with Gasteiger partial charge >= 0.3 is 6.18 Å². The monoisotopic (exact) mass is 375 g/mol. The number of hydrogen-bond acceptors (Lipinski definition) is 3. The van der Waals surface area contributed by atoms with E-state index in [1.807, 2.05) is 0 Å². The molecule has 3 rings (SSSR count). The molecule has 0 saturated heterocycles. The fourth-order valence-corrected chi connectivity index (χ4v) is 2.69. The van der Waals surface area contributed by atoms with Gasteiger partial charge in [-0.05, 0) is 36.5 Å². The van der Waals surface area contributed by atoms with Crippen molar-refractivity contribution in [2.75, 3.05) is 13.2 Å². The smallest absolute Gasteiger partial charge is 0.419 e. The summed E-state index contributed by atoms with van der Waals surface area (Å²) in [6, 6.07) is 4.16. The summed E-state index contributed by atoms with van der Waals surface area (Å²) in [5, 5.41) is 4.10. The average molecular weight is 376 g/mol. The summed E-state index contributed by atoms with van der Waals surface area (Å²) in [5.74, 6) is 0.271. The molecule has 0 atom stereocenters. The summed E-state index contributed by atoms with van der Waals surface area (Å²) >= 11 is 0. The van der Waals surface area contributed by atoms with Crippen molar-refractivity contribution < 1.29 is 17.9 Å². The first-order valence-corrected chi connectivity index (χ1v) is 8.04. The number of hydrogen-bond donors (Lipinski definition) is 1. The Labute approximate surface area is 150 Å². The lowest BCUT2D eigenvalue weighted by molar-refractivity contribution is -0.139. The number of nitrogens with zero attached hydrogens (tertiary/aromatic N) is 2. The van der Waals surface area contributed by atoms with Gasteiger partial charge in [-0.2, -0.15) is 18.3 Å². The van der Waals surface area contributed by atoms with Crippen molar-refractivity contribution in [2.45, 2.75) is 32.0 Å². The maximum Gasteiger partial charge on any atom is 0.419 e. The van der Waals surface area contributed by atoms with E-state index in [0.29, 0.717) is 36.7 Å². The van der Waals surface area contributed by atoms with E-state index in [4.69, 9.17) is 10.5 Å². The molecule has 2 N–H and O–H groups in total. The van der Waals surface area contributed by atoms with Crippen LogP contribution in [0.4, 0.5) is 13.2 Å². The SMILES string of the molecule is Cl.NCCn1cc(-c2ccc(OCC3CCC3)c(C(F)(F)F)c2)cn1. The third-order valence-electron chi connectivity index (χ3n) is 4.31. The fourth-order valence-electron chi connectivity index (χ4n) is 2.69. The number of halogens is 4. The quantitative estimate of drug-likeness (QED) is 0.826. The van der Waals surface area contributed by atoms with Crippen molar-refractivity contribution in [1.29, 1.82) is 0 Å². The Morgan fingerprint density at radius 2 is 2.00 bits per heavy atom. The van der Waals surface area contributed by atoms with Crippen molar-refractivity contribution in [3.8, 4) is 16.9 Å². The molecule has 1 fully saturated rings. The number of rotatable bonds is 6. The van der Waals surface area contributed by atoms with Crippen molar-refractivity contribution in [2.24, 2.45) is 11.7 Å². The van der Waals surface area contributed by atoms with Crippen LogP contribution in [0.5, 0.6) is 5.75 Å². The summed E-state index contributed by atoms with van der Waals surface area (Å²) < 4.78 is 47.2. The van der Waals surface area contributed by atoms with Crippen molar-refractivity contribution in [3.63, 3.8) is 0 Å². The summed E-state index contributed by atoms with van der Waals surface area (Å²) in [6.07, 6.45) is 1.96. The van der Waals surface area contributed by atoms with Gasteiger partial charge < -0.3 is 10.5 Å². The van der Waals surface area contributed by atoms with Crippen LogP contribution in [0, 0.1) is 5.92 Å². The Morgan fingerprint density at radius 3 is 2.60 bits per heavy atom. The van der Waals surface area contributed by atoms with Crippen LogP contribution < -0.4 is 10.5 Å². The van der Waals surface area contributed by atoms with Crippen LogP contribution >= 0.6 is 12.4 Å². The van der Waals surface area contributed by atoms with Gasteiger partial charge in [0.1, 0.15) is 5.75 Å². The first-order chi connectivity index (χ1) is 11.5. The molecule has 1 aromatic heterocycles. The molecule has 1 saturated carbocycles. The van der Waals surface area contributed by atoms with Gasteiger partial charge in [-0.3, -0.25) is 4.68 Å². The number of ether oxygens (including phenoxy) is 1. The zero-order chi connectivity index (χ0) is 17.2. The molecule has 0 aliphatic heterocycles. The molecule has 0 radical (unpaired) electrons. The fraction of sp³-hybridized carbons (Fsp3) is 0.471. The number of aromatic nitrogens is 2. The van der Waals surface area contributed by atoms with Crippen LogP contribution in [0.2, 0.25) is 0 Å². The highest BCUT2D eigenvalue weighted by molar-refractivity contribution is 5.85. The summed E-state index contributed by atoms with van der Waals surface area (Å²) in [4.78, 5) is 0. The maximum atomic E-state index is 13.4. The van der Waals surface area contributed by atoms with Gasteiger partial charge in [0, 0.05) is 18.3 Å². The molecule has 0 amide bonds. The van der Waals surface area contributed by atoms with Gasteiger partial charge in [-0.15, -0.1) is 12.4 Å². The second kappa shape index (κ2) is 8.10. The molecule has 1 aliphatic rings. The highest BCUT2D eigenvalue weighted by Gasteiger charge is 2.35. The summed E-state index contributed by atoms with van der Waals surface area (Å²) in [6.45, 7) is 1.29. The second-order valence-corrected chi connectivity index (χ2v) is 6.10. The van der Waals surface area contributed by atoms with Crippen LogP contribution in [0.3, 0.4) is 0 Å². The minimum atomic E-state index is -4.46. The minimum Gasteiger partial charge on any atom is -0.493 e. The van der Waals surface area contributed by atoms with Crippen LogP contribution in [-0.2, 0) is 12.7 Å². The highest BCUT2D eigenvalue weighted by Crippen LogP contribution is 2.39. The Kier molecular flexibility index (Phi) is 6.35. The predicted molar refractivity (Wildman–Crippen MR) is 91.8 cm³/mol. The average Bonchev–Trinajstić information content (AvgIpc) is 2.94.